The van der Waals surface area contributed by atoms with Crippen LogP contribution in [-0.2, 0) is 6.18 Å². The summed E-state index contributed by atoms with van der Waals surface area (Å²) in [6.07, 6.45) is 0.109. The van der Waals surface area contributed by atoms with Crippen LogP contribution in [0.3, 0.4) is 0 Å². The Morgan fingerprint density at radius 2 is 1.84 bits per heavy atom. The van der Waals surface area contributed by atoms with Crippen molar-refractivity contribution in [3.8, 4) is 11.6 Å². The molecule has 1 aromatic carbocycles. The van der Waals surface area contributed by atoms with Gasteiger partial charge in [0.05, 0.1) is 48.2 Å². The van der Waals surface area contributed by atoms with E-state index < -0.39 is 11.7 Å². The molecule has 4 rings (SSSR count). The number of halogens is 3. The molecule has 0 unspecified atom stereocenters. The highest BCUT2D eigenvalue weighted by molar-refractivity contribution is 5.95. The topological polar surface area (TPSA) is 76.4 Å². The van der Waals surface area contributed by atoms with E-state index in [0.29, 0.717) is 49.1 Å². The van der Waals surface area contributed by atoms with E-state index in [1.165, 1.54) is 36.3 Å². The number of piperazine rings is 1. The maximum Gasteiger partial charge on any atom is 0.416 e. The van der Waals surface area contributed by atoms with Gasteiger partial charge in [-0.05, 0) is 25.1 Å². The molecule has 0 radical (unpaired) electrons. The zero-order valence-electron chi connectivity index (χ0n) is 17.5. The van der Waals surface area contributed by atoms with Crippen LogP contribution in [-0.4, -0.2) is 63.8 Å². The van der Waals surface area contributed by atoms with E-state index in [4.69, 9.17) is 4.74 Å². The predicted octanol–water partition coefficient (Wildman–Crippen LogP) is 2.96. The summed E-state index contributed by atoms with van der Waals surface area (Å²) >= 11 is 0. The third-order valence-electron chi connectivity index (χ3n) is 5.36. The Morgan fingerprint density at radius 1 is 1.09 bits per heavy atom. The maximum atomic E-state index is 13.1. The summed E-state index contributed by atoms with van der Waals surface area (Å²) in [7, 11) is 1.52. The summed E-state index contributed by atoms with van der Waals surface area (Å²) in [5.74, 6) is 0.876. The number of ether oxygens (including phenoxy) is 1. The van der Waals surface area contributed by atoms with Gasteiger partial charge in [-0.15, -0.1) is 0 Å². The number of alkyl halides is 3. The first-order valence-electron chi connectivity index (χ1n) is 9.90. The quantitative estimate of drug-likeness (QED) is 0.614. The van der Waals surface area contributed by atoms with Crippen LogP contribution in [0.5, 0.6) is 5.88 Å². The van der Waals surface area contributed by atoms with Crippen LogP contribution in [0.15, 0.2) is 42.9 Å². The van der Waals surface area contributed by atoms with E-state index in [9.17, 15) is 18.0 Å². The number of methoxy groups -OCH3 is 1. The average Bonchev–Trinajstić information content (AvgIpc) is 3.19. The van der Waals surface area contributed by atoms with Crippen LogP contribution in [0.25, 0.3) is 5.69 Å². The van der Waals surface area contributed by atoms with Gasteiger partial charge in [0.1, 0.15) is 0 Å². The van der Waals surface area contributed by atoms with E-state index in [1.807, 2.05) is 4.90 Å². The minimum Gasteiger partial charge on any atom is -0.480 e. The normalized spacial score (nSPS) is 14.5. The molecule has 0 atom stereocenters. The smallest absolute Gasteiger partial charge is 0.416 e. The third kappa shape index (κ3) is 4.23. The summed E-state index contributed by atoms with van der Waals surface area (Å²) in [6, 6.07) is 4.86. The largest absolute Gasteiger partial charge is 0.480 e. The van der Waals surface area contributed by atoms with Gasteiger partial charge in [0, 0.05) is 26.2 Å². The minimum atomic E-state index is -4.46. The highest BCUT2D eigenvalue weighted by Gasteiger charge is 2.31. The molecule has 0 spiro atoms. The second-order valence-electron chi connectivity index (χ2n) is 7.30. The number of rotatable bonds is 4. The second kappa shape index (κ2) is 8.48. The van der Waals surface area contributed by atoms with E-state index in [0.717, 1.165) is 12.1 Å². The maximum absolute atomic E-state index is 13.1. The van der Waals surface area contributed by atoms with Crippen molar-refractivity contribution < 1.29 is 22.7 Å². The lowest BCUT2D eigenvalue weighted by atomic mass is 10.1. The lowest BCUT2D eigenvalue weighted by molar-refractivity contribution is -0.137. The Morgan fingerprint density at radius 3 is 2.53 bits per heavy atom. The van der Waals surface area contributed by atoms with Gasteiger partial charge in [-0.1, -0.05) is 6.07 Å². The molecule has 2 aromatic heterocycles. The van der Waals surface area contributed by atoms with Crippen LogP contribution < -0.4 is 9.64 Å². The highest BCUT2D eigenvalue weighted by atomic mass is 19.4. The summed E-state index contributed by atoms with van der Waals surface area (Å²) in [6.45, 7) is 3.73. The first-order chi connectivity index (χ1) is 15.3. The lowest BCUT2D eigenvalue weighted by Gasteiger charge is -2.35. The van der Waals surface area contributed by atoms with E-state index in [2.05, 4.69) is 15.1 Å². The number of carbonyl (C=O) groups excluding carboxylic acids is 1. The van der Waals surface area contributed by atoms with Crippen LogP contribution in [0, 0.1) is 6.92 Å². The molecule has 3 heterocycles. The predicted molar refractivity (Wildman–Crippen MR) is 110 cm³/mol. The lowest BCUT2D eigenvalue weighted by Crippen LogP contribution is -2.49. The molecule has 0 aliphatic carbocycles. The monoisotopic (exact) mass is 446 g/mol. The first kappa shape index (κ1) is 21.6. The first-order valence-corrected chi connectivity index (χ1v) is 9.90. The van der Waals surface area contributed by atoms with Gasteiger partial charge in [0.15, 0.2) is 5.82 Å². The minimum absolute atomic E-state index is 0.211. The SMILES string of the molecule is COc1cncc(N2CCN(C(=O)c3cnn(-c4cccc(C(F)(F)F)c4)c3C)CC2)n1. The number of hydrogen-bond acceptors (Lipinski definition) is 6. The summed E-state index contributed by atoms with van der Waals surface area (Å²) < 4.78 is 45.6. The van der Waals surface area contributed by atoms with Crippen molar-refractivity contribution in [2.24, 2.45) is 0 Å². The third-order valence-corrected chi connectivity index (χ3v) is 5.36. The summed E-state index contributed by atoms with van der Waals surface area (Å²) in [5, 5.41) is 4.17. The molecule has 8 nitrogen and oxygen atoms in total. The molecule has 11 heteroatoms. The Kier molecular flexibility index (Phi) is 5.72. The zero-order valence-corrected chi connectivity index (χ0v) is 17.5. The van der Waals surface area contributed by atoms with Crippen LogP contribution in [0.2, 0.25) is 0 Å². The fourth-order valence-corrected chi connectivity index (χ4v) is 3.59. The molecule has 3 aromatic rings. The molecule has 32 heavy (non-hydrogen) atoms. The number of amides is 1. The standard InChI is InChI=1S/C21H21F3N6O2/c1-14-17(11-26-30(14)16-5-3-4-15(10-16)21(22,23)24)20(31)29-8-6-28(7-9-29)18-12-25-13-19(27-18)32-2/h3-5,10-13H,6-9H2,1-2H3. The Balaban J connectivity index is 1.48. The van der Waals surface area contributed by atoms with Gasteiger partial charge >= 0.3 is 6.18 Å². The van der Waals surface area contributed by atoms with Gasteiger partial charge in [-0.25, -0.2) is 4.68 Å². The zero-order chi connectivity index (χ0) is 22.9. The molecule has 0 bridgehead atoms. The Labute approximate surface area is 182 Å². The Bertz CT molecular complexity index is 1120. The van der Waals surface area contributed by atoms with Crippen LogP contribution in [0.4, 0.5) is 19.0 Å². The van der Waals surface area contributed by atoms with Gasteiger partial charge in [0.25, 0.3) is 5.91 Å². The van der Waals surface area contributed by atoms with Gasteiger partial charge < -0.3 is 14.5 Å². The molecule has 1 aliphatic heterocycles. The molecule has 1 fully saturated rings. The number of aromatic nitrogens is 4. The number of nitrogens with zero attached hydrogens (tertiary/aromatic N) is 6. The van der Waals surface area contributed by atoms with E-state index in [1.54, 1.807) is 18.0 Å². The molecule has 168 valence electrons. The van der Waals surface area contributed by atoms with E-state index in [-0.39, 0.29) is 11.6 Å². The van der Waals surface area contributed by atoms with Crippen LogP contribution in [0.1, 0.15) is 21.6 Å². The van der Waals surface area contributed by atoms with Gasteiger partial charge in [-0.2, -0.15) is 23.3 Å². The molecular weight excluding hydrogens is 425 g/mol. The highest BCUT2D eigenvalue weighted by Crippen LogP contribution is 2.30. The van der Waals surface area contributed by atoms with Gasteiger partial charge in [-0.3, -0.25) is 9.78 Å². The number of benzene rings is 1. The number of hydrogen-bond donors (Lipinski definition) is 0. The number of anilines is 1. The van der Waals surface area contributed by atoms with Gasteiger partial charge in [0.2, 0.25) is 5.88 Å². The van der Waals surface area contributed by atoms with Crippen molar-refractivity contribution in [2.45, 2.75) is 13.1 Å². The van der Waals surface area contributed by atoms with Crippen molar-refractivity contribution in [2.75, 3.05) is 38.2 Å². The number of carbonyl (C=O) groups is 1. The fourth-order valence-electron chi connectivity index (χ4n) is 3.59. The van der Waals surface area contributed by atoms with E-state index >= 15 is 0 Å². The van der Waals surface area contributed by atoms with Crippen LogP contribution >= 0.6 is 0 Å². The average molecular weight is 446 g/mol. The Hall–Kier alpha value is -3.63. The molecular formula is C21H21F3N6O2. The molecule has 1 amide bonds. The summed E-state index contributed by atoms with van der Waals surface area (Å²) in [4.78, 5) is 25.2. The molecule has 1 saturated heterocycles. The van der Waals surface area contributed by atoms with Crippen molar-refractivity contribution >= 4 is 11.7 Å². The molecule has 1 aliphatic rings. The van der Waals surface area contributed by atoms with Crippen molar-refractivity contribution in [3.63, 3.8) is 0 Å². The molecule has 0 saturated carbocycles. The van der Waals surface area contributed by atoms with Crippen molar-refractivity contribution in [3.05, 3.63) is 59.7 Å². The second-order valence-corrected chi connectivity index (χ2v) is 7.30. The fraction of sp³-hybridized carbons (Fsp3) is 0.333. The van der Waals surface area contributed by atoms with Crippen molar-refractivity contribution in [1.29, 1.82) is 0 Å². The van der Waals surface area contributed by atoms with Crippen molar-refractivity contribution in [1.82, 2.24) is 24.6 Å². The molecule has 0 N–H and O–H groups in total. The summed E-state index contributed by atoms with van der Waals surface area (Å²) in [5.41, 5.74) is 0.319.